The van der Waals surface area contributed by atoms with Gasteiger partial charge in [-0.05, 0) is 0 Å². The third-order valence-corrected chi connectivity index (χ3v) is 1.34. The Bertz CT molecular complexity index is 213. The van der Waals surface area contributed by atoms with Crippen LogP contribution in [0.1, 0.15) is 0 Å². The van der Waals surface area contributed by atoms with Crippen LogP contribution in [0, 0.1) is 0 Å². The Balaban J connectivity index is 2.58. The van der Waals surface area contributed by atoms with E-state index in [1.165, 1.54) is 0 Å². The van der Waals surface area contributed by atoms with Gasteiger partial charge < -0.3 is 16.2 Å². The minimum atomic E-state index is 0.376. The molecule has 62 valence electrons. The molecule has 0 aliphatic carbocycles. The summed E-state index contributed by atoms with van der Waals surface area (Å²) in [4.78, 5) is 0. The second-order valence-corrected chi connectivity index (χ2v) is 2.23. The van der Waals surface area contributed by atoms with Gasteiger partial charge in [-0.15, -0.1) is 0 Å². The zero-order chi connectivity index (χ0) is 8.27. The fraction of sp³-hybridized carbons (Fsp3) is 0.500. The van der Waals surface area contributed by atoms with Gasteiger partial charge in [-0.25, -0.2) is 0 Å². The molecular weight excluding hydrogens is 144 g/mol. The van der Waals surface area contributed by atoms with Crippen molar-refractivity contribution in [2.75, 3.05) is 25.2 Å². The first-order chi connectivity index (χ1) is 5.24. The molecule has 4 N–H and O–H groups in total. The Morgan fingerprint density at radius 3 is 2.82 bits per heavy atom. The SMILES string of the molecule is COCCn1cc(N)c(N)n1. The Kier molecular flexibility index (Phi) is 2.32. The van der Waals surface area contributed by atoms with E-state index in [0.29, 0.717) is 24.7 Å². The molecule has 0 aromatic carbocycles. The Morgan fingerprint density at radius 2 is 2.36 bits per heavy atom. The number of nitrogens with two attached hydrogens (primary N) is 2. The van der Waals surface area contributed by atoms with Gasteiger partial charge in [0.25, 0.3) is 0 Å². The van der Waals surface area contributed by atoms with Gasteiger partial charge in [-0.1, -0.05) is 0 Å². The summed E-state index contributed by atoms with van der Waals surface area (Å²) in [6.45, 7) is 1.29. The van der Waals surface area contributed by atoms with Crippen LogP contribution in [0.4, 0.5) is 11.5 Å². The smallest absolute Gasteiger partial charge is 0.168 e. The molecule has 0 saturated heterocycles. The molecule has 0 aliphatic rings. The third kappa shape index (κ3) is 1.84. The van der Waals surface area contributed by atoms with Crippen molar-refractivity contribution in [1.29, 1.82) is 0 Å². The van der Waals surface area contributed by atoms with Gasteiger partial charge >= 0.3 is 0 Å². The van der Waals surface area contributed by atoms with E-state index in [2.05, 4.69) is 5.10 Å². The van der Waals surface area contributed by atoms with Crippen LogP contribution in [-0.4, -0.2) is 23.5 Å². The van der Waals surface area contributed by atoms with Crippen LogP contribution < -0.4 is 11.5 Å². The molecule has 0 spiro atoms. The summed E-state index contributed by atoms with van der Waals surface area (Å²) in [5, 5.41) is 3.94. The van der Waals surface area contributed by atoms with E-state index >= 15 is 0 Å². The van der Waals surface area contributed by atoms with Crippen molar-refractivity contribution in [3.05, 3.63) is 6.20 Å². The van der Waals surface area contributed by atoms with Crippen LogP contribution in [0.15, 0.2) is 6.20 Å². The van der Waals surface area contributed by atoms with Gasteiger partial charge in [0, 0.05) is 7.11 Å². The number of hydrogen-bond acceptors (Lipinski definition) is 4. The first-order valence-electron chi connectivity index (χ1n) is 3.31. The molecule has 1 rings (SSSR count). The highest BCUT2D eigenvalue weighted by molar-refractivity contribution is 5.56. The number of ether oxygens (including phenoxy) is 1. The maximum Gasteiger partial charge on any atom is 0.168 e. The lowest BCUT2D eigenvalue weighted by molar-refractivity contribution is 0.183. The van der Waals surface area contributed by atoms with Crippen molar-refractivity contribution < 1.29 is 4.74 Å². The summed E-state index contributed by atoms with van der Waals surface area (Å²) in [5.74, 6) is 0.376. The van der Waals surface area contributed by atoms with Crippen molar-refractivity contribution in [2.45, 2.75) is 6.54 Å². The molecule has 5 nitrogen and oxygen atoms in total. The number of anilines is 2. The van der Waals surface area contributed by atoms with E-state index < -0.39 is 0 Å². The van der Waals surface area contributed by atoms with Gasteiger partial charge in [-0.3, -0.25) is 4.68 Å². The fourth-order valence-corrected chi connectivity index (χ4v) is 0.751. The fourth-order valence-electron chi connectivity index (χ4n) is 0.751. The summed E-state index contributed by atoms with van der Waals surface area (Å²) >= 11 is 0. The number of aromatic nitrogens is 2. The highest BCUT2D eigenvalue weighted by Gasteiger charge is 1.99. The van der Waals surface area contributed by atoms with E-state index in [9.17, 15) is 0 Å². The highest BCUT2D eigenvalue weighted by atomic mass is 16.5. The summed E-state index contributed by atoms with van der Waals surface area (Å²) in [6.07, 6.45) is 1.69. The van der Waals surface area contributed by atoms with E-state index in [4.69, 9.17) is 16.2 Å². The van der Waals surface area contributed by atoms with E-state index in [1.807, 2.05) is 0 Å². The largest absolute Gasteiger partial charge is 0.394 e. The predicted octanol–water partition coefficient (Wildman–Crippen LogP) is -0.306. The molecule has 0 atom stereocenters. The number of rotatable bonds is 3. The Labute approximate surface area is 64.9 Å². The molecule has 0 amide bonds. The summed E-state index contributed by atoms with van der Waals surface area (Å²) < 4.78 is 6.51. The minimum absolute atomic E-state index is 0.376. The second-order valence-electron chi connectivity index (χ2n) is 2.23. The third-order valence-electron chi connectivity index (χ3n) is 1.34. The van der Waals surface area contributed by atoms with E-state index in [0.717, 1.165) is 0 Å². The van der Waals surface area contributed by atoms with Crippen molar-refractivity contribution in [3.63, 3.8) is 0 Å². The summed E-state index contributed by atoms with van der Waals surface area (Å²) in [5.41, 5.74) is 11.4. The molecule has 1 aromatic rings. The molecule has 0 bridgehead atoms. The van der Waals surface area contributed by atoms with Crippen LogP contribution in [0.25, 0.3) is 0 Å². The highest BCUT2D eigenvalue weighted by Crippen LogP contribution is 2.09. The zero-order valence-electron chi connectivity index (χ0n) is 6.45. The van der Waals surface area contributed by atoms with Crippen LogP contribution in [-0.2, 0) is 11.3 Å². The summed E-state index contributed by atoms with van der Waals surface area (Å²) in [6, 6.07) is 0. The van der Waals surface area contributed by atoms with Crippen molar-refractivity contribution in [2.24, 2.45) is 0 Å². The quantitative estimate of drug-likeness (QED) is 0.629. The molecule has 1 heterocycles. The number of hydrogen-bond donors (Lipinski definition) is 2. The number of nitrogens with zero attached hydrogens (tertiary/aromatic N) is 2. The average molecular weight is 156 g/mol. The van der Waals surface area contributed by atoms with Gasteiger partial charge in [0.1, 0.15) is 0 Å². The molecule has 0 unspecified atom stereocenters. The molecule has 1 aromatic heterocycles. The molecule has 0 saturated carbocycles. The monoisotopic (exact) mass is 156 g/mol. The minimum Gasteiger partial charge on any atom is -0.394 e. The lowest BCUT2D eigenvalue weighted by Crippen LogP contribution is -2.04. The molecule has 11 heavy (non-hydrogen) atoms. The van der Waals surface area contributed by atoms with Gasteiger partial charge in [0.05, 0.1) is 25.0 Å². The zero-order valence-corrected chi connectivity index (χ0v) is 6.45. The van der Waals surface area contributed by atoms with Gasteiger partial charge in [0.15, 0.2) is 5.82 Å². The van der Waals surface area contributed by atoms with Crippen LogP contribution >= 0.6 is 0 Å². The average Bonchev–Trinajstić information content (AvgIpc) is 2.28. The Hall–Kier alpha value is -1.23. The lowest BCUT2D eigenvalue weighted by Gasteiger charge is -1.97. The van der Waals surface area contributed by atoms with Crippen molar-refractivity contribution >= 4 is 11.5 Å². The van der Waals surface area contributed by atoms with Gasteiger partial charge in [-0.2, -0.15) is 5.10 Å². The molecule has 0 fully saturated rings. The second kappa shape index (κ2) is 3.25. The lowest BCUT2D eigenvalue weighted by atomic mass is 10.5. The van der Waals surface area contributed by atoms with Crippen molar-refractivity contribution in [1.82, 2.24) is 9.78 Å². The Morgan fingerprint density at radius 1 is 1.64 bits per heavy atom. The van der Waals surface area contributed by atoms with Crippen LogP contribution in [0.2, 0.25) is 0 Å². The first-order valence-corrected chi connectivity index (χ1v) is 3.31. The van der Waals surface area contributed by atoms with Crippen LogP contribution in [0.3, 0.4) is 0 Å². The summed E-state index contributed by atoms with van der Waals surface area (Å²) in [7, 11) is 1.64. The predicted molar refractivity (Wildman–Crippen MR) is 42.9 cm³/mol. The number of nitrogen functional groups attached to an aromatic ring is 2. The molecular formula is C6H12N4O. The number of methoxy groups -OCH3 is 1. The molecule has 0 aliphatic heterocycles. The topological polar surface area (TPSA) is 79.1 Å². The van der Waals surface area contributed by atoms with E-state index in [1.54, 1.807) is 18.0 Å². The van der Waals surface area contributed by atoms with E-state index in [-0.39, 0.29) is 0 Å². The normalized spacial score (nSPS) is 10.3. The maximum absolute atomic E-state index is 5.46. The standard InChI is InChI=1S/C6H12N4O/c1-11-3-2-10-4-5(7)6(8)9-10/h4H,2-3,7H2,1H3,(H2,8,9). The first kappa shape index (κ1) is 7.87. The maximum atomic E-state index is 5.46. The van der Waals surface area contributed by atoms with Gasteiger partial charge in [0.2, 0.25) is 0 Å². The molecule has 0 radical (unpaired) electrons. The molecule has 5 heteroatoms. The van der Waals surface area contributed by atoms with Crippen LogP contribution in [0.5, 0.6) is 0 Å². The van der Waals surface area contributed by atoms with Crippen molar-refractivity contribution in [3.8, 4) is 0 Å².